The molecular formula is C51H50GeIrN2O-2. The maximum absolute atomic E-state index is 6.28. The molecule has 0 atom stereocenters. The first kappa shape index (κ1) is 39.9. The van der Waals surface area contributed by atoms with Crippen LogP contribution in [0.3, 0.4) is 0 Å². The second-order valence-corrected chi connectivity index (χ2v) is 27.3. The zero-order valence-corrected chi connectivity index (χ0v) is 37.7. The summed E-state index contributed by atoms with van der Waals surface area (Å²) in [6.07, 6.45) is 11.8. The zero-order chi connectivity index (χ0) is 37.9. The molecule has 0 spiro atoms. The fourth-order valence-corrected chi connectivity index (χ4v) is 11.6. The Labute approximate surface area is 348 Å². The minimum Gasteiger partial charge on any atom is -0.500 e. The molecule has 0 amide bonds. The molecule has 0 saturated heterocycles. The molecule has 1 fully saturated rings. The summed E-state index contributed by atoms with van der Waals surface area (Å²) in [5.41, 5.74) is 11.2. The average molecular weight is 972 g/mol. The second-order valence-electron chi connectivity index (χ2n) is 16.7. The fraction of sp³-hybridized carbons (Fsp3) is 0.255. The third-order valence-corrected chi connectivity index (χ3v) is 15.4. The largest absolute Gasteiger partial charge is 0.500 e. The van der Waals surface area contributed by atoms with E-state index in [1.165, 1.54) is 58.7 Å². The van der Waals surface area contributed by atoms with Crippen LogP contribution in [0.15, 0.2) is 132 Å². The van der Waals surface area contributed by atoms with Gasteiger partial charge in [0.2, 0.25) is 0 Å². The number of rotatable bonds is 8. The number of pyridine rings is 2. The standard InChI is InChI=1S/C33H26NO.C18H24GeN.Ir/c1-2-7-22(6-1)18-23-16-17-34-31(19-23)26-13-15-32-30(20-26)29-14-12-25(21-33(29)35-32)28-11-5-9-24-8-3-4-10-27(24)28;1-14(2)11-16-12-18(15-9-7-6-8-10-15)20-13-17(16)19(3,4)5;/h3-5,8-12,14-17,19-22H,1-2,6-7,18H2;6-9,12-14H,11H2,1-5H3;/q2*-1;. The number of hydrogen-bond donors (Lipinski definition) is 0. The van der Waals surface area contributed by atoms with Crippen LogP contribution >= 0.6 is 0 Å². The van der Waals surface area contributed by atoms with Gasteiger partial charge in [0.25, 0.3) is 0 Å². The quantitative estimate of drug-likeness (QED) is 0.112. The molecule has 3 nitrogen and oxygen atoms in total. The van der Waals surface area contributed by atoms with Crippen molar-refractivity contribution >= 4 is 50.4 Å². The maximum Gasteiger partial charge on any atom is 0.121 e. The van der Waals surface area contributed by atoms with Crippen LogP contribution in [0.25, 0.3) is 66.4 Å². The number of benzene rings is 5. The molecule has 5 aromatic carbocycles. The molecule has 1 saturated carbocycles. The molecule has 8 aromatic rings. The molecule has 9 rings (SSSR count). The van der Waals surface area contributed by atoms with E-state index >= 15 is 0 Å². The smallest absolute Gasteiger partial charge is 0.121 e. The van der Waals surface area contributed by atoms with E-state index in [9.17, 15) is 0 Å². The van der Waals surface area contributed by atoms with Crippen molar-refractivity contribution in [2.45, 2.75) is 69.6 Å². The molecule has 1 aliphatic rings. The molecule has 5 heteroatoms. The second kappa shape index (κ2) is 17.4. The SMILES string of the molecule is CC(C)Cc1cc(-c2[c-]cccc2)nc[c]1[Ge]([CH3])([CH3])[CH3].[Ir].[c-]1cc2oc3cc(-c4cccc5ccccc45)ccc3c2cc1-c1cc(CC2CCCC2)ccn1. The Morgan fingerprint density at radius 2 is 1.52 bits per heavy atom. The van der Waals surface area contributed by atoms with Gasteiger partial charge in [0.1, 0.15) is 5.58 Å². The van der Waals surface area contributed by atoms with Crippen molar-refractivity contribution in [1.82, 2.24) is 9.97 Å². The molecule has 56 heavy (non-hydrogen) atoms. The van der Waals surface area contributed by atoms with Crippen molar-refractivity contribution in [1.29, 1.82) is 0 Å². The molecule has 3 aromatic heterocycles. The molecule has 285 valence electrons. The molecule has 1 aliphatic carbocycles. The molecule has 0 N–H and O–H groups in total. The van der Waals surface area contributed by atoms with Gasteiger partial charge in [-0.05, 0) is 52.1 Å². The van der Waals surface area contributed by atoms with Crippen molar-refractivity contribution < 1.29 is 24.5 Å². The van der Waals surface area contributed by atoms with Gasteiger partial charge >= 0.3 is 126 Å². The third kappa shape index (κ3) is 8.94. The van der Waals surface area contributed by atoms with Crippen molar-refractivity contribution in [2.75, 3.05) is 0 Å². The van der Waals surface area contributed by atoms with E-state index in [2.05, 4.69) is 145 Å². The molecule has 0 bridgehead atoms. The predicted octanol–water partition coefficient (Wildman–Crippen LogP) is 13.3. The summed E-state index contributed by atoms with van der Waals surface area (Å²) in [7, 11) is 0. The van der Waals surface area contributed by atoms with Gasteiger partial charge in [-0.15, -0.1) is 23.8 Å². The molecular weight excluding hydrogens is 921 g/mol. The summed E-state index contributed by atoms with van der Waals surface area (Å²) in [6, 6.07) is 47.2. The van der Waals surface area contributed by atoms with Gasteiger partial charge in [0.05, 0.1) is 5.58 Å². The minimum absolute atomic E-state index is 0. The van der Waals surface area contributed by atoms with Gasteiger partial charge in [0.15, 0.2) is 0 Å². The Morgan fingerprint density at radius 3 is 2.30 bits per heavy atom. The van der Waals surface area contributed by atoms with Gasteiger partial charge < -0.3 is 9.40 Å². The fourth-order valence-electron chi connectivity index (χ4n) is 8.29. The first-order valence-electron chi connectivity index (χ1n) is 20.0. The first-order valence-corrected chi connectivity index (χ1v) is 27.3. The molecule has 1 radical (unpaired) electrons. The summed E-state index contributed by atoms with van der Waals surface area (Å²) < 4.78 is 7.82. The van der Waals surface area contributed by atoms with Gasteiger partial charge in [0, 0.05) is 31.7 Å². The maximum atomic E-state index is 6.28. The number of aromatic nitrogens is 2. The predicted molar refractivity (Wildman–Crippen MR) is 234 cm³/mol. The van der Waals surface area contributed by atoms with Gasteiger partial charge in [-0.3, -0.25) is 0 Å². The van der Waals surface area contributed by atoms with Crippen LogP contribution in [0.1, 0.15) is 50.7 Å². The normalized spacial score (nSPS) is 13.2. The minimum atomic E-state index is -1.86. The number of fused-ring (bicyclic) bond motifs is 4. The van der Waals surface area contributed by atoms with Crippen LogP contribution in [0.4, 0.5) is 0 Å². The van der Waals surface area contributed by atoms with E-state index in [1.54, 1.807) is 4.40 Å². The zero-order valence-electron chi connectivity index (χ0n) is 33.2. The number of nitrogens with zero attached hydrogens (tertiary/aromatic N) is 2. The van der Waals surface area contributed by atoms with Crippen LogP contribution < -0.4 is 4.40 Å². The van der Waals surface area contributed by atoms with Crippen LogP contribution in [0.5, 0.6) is 0 Å². The van der Waals surface area contributed by atoms with Crippen molar-refractivity contribution in [3.05, 3.63) is 151 Å². The van der Waals surface area contributed by atoms with E-state index in [-0.39, 0.29) is 20.1 Å². The summed E-state index contributed by atoms with van der Waals surface area (Å²) in [6.45, 7) is 4.57. The van der Waals surface area contributed by atoms with Crippen LogP contribution in [-0.2, 0) is 32.9 Å². The van der Waals surface area contributed by atoms with E-state index in [0.717, 1.165) is 63.2 Å². The number of furan rings is 1. The van der Waals surface area contributed by atoms with Crippen molar-refractivity contribution in [2.24, 2.45) is 11.8 Å². The summed E-state index contributed by atoms with van der Waals surface area (Å²) >= 11 is -1.86. The van der Waals surface area contributed by atoms with E-state index in [4.69, 9.17) is 9.40 Å². The summed E-state index contributed by atoms with van der Waals surface area (Å²) in [4.78, 5) is 9.38. The van der Waals surface area contributed by atoms with Gasteiger partial charge in [-0.1, -0.05) is 97.3 Å². The Bertz CT molecular complexity index is 2580. The Hall–Kier alpha value is -4.35. The Balaban J connectivity index is 0.000000197. The average Bonchev–Trinajstić information content (AvgIpc) is 3.85. The summed E-state index contributed by atoms with van der Waals surface area (Å²) in [5, 5.41) is 4.74. The van der Waals surface area contributed by atoms with Crippen molar-refractivity contribution in [3.8, 4) is 33.6 Å². The van der Waals surface area contributed by atoms with Crippen LogP contribution in [0, 0.1) is 24.0 Å². The molecule has 3 heterocycles. The van der Waals surface area contributed by atoms with E-state index in [0.29, 0.717) is 5.92 Å². The Morgan fingerprint density at radius 1 is 0.732 bits per heavy atom. The van der Waals surface area contributed by atoms with E-state index < -0.39 is 13.3 Å². The van der Waals surface area contributed by atoms with Crippen molar-refractivity contribution in [3.63, 3.8) is 0 Å². The monoisotopic (exact) mass is 973 g/mol. The summed E-state index contributed by atoms with van der Waals surface area (Å²) in [5.74, 6) is 8.82. The number of hydrogen-bond acceptors (Lipinski definition) is 3. The Kier molecular flexibility index (Phi) is 12.4. The van der Waals surface area contributed by atoms with Crippen LogP contribution in [0.2, 0.25) is 17.3 Å². The molecule has 0 aliphatic heterocycles. The van der Waals surface area contributed by atoms with E-state index in [1.807, 2.05) is 30.5 Å². The third-order valence-electron chi connectivity index (χ3n) is 11.0. The van der Waals surface area contributed by atoms with Gasteiger partial charge in [-0.2, -0.15) is 0 Å². The van der Waals surface area contributed by atoms with Crippen LogP contribution in [-0.4, -0.2) is 23.2 Å². The molecule has 0 unspecified atom stereocenters. The van der Waals surface area contributed by atoms with Gasteiger partial charge in [-0.25, -0.2) is 0 Å². The first-order chi connectivity index (χ1) is 26.7. The topological polar surface area (TPSA) is 38.9 Å².